The Morgan fingerprint density at radius 3 is 2.73 bits per heavy atom. The van der Waals surface area contributed by atoms with E-state index in [2.05, 4.69) is 10.1 Å². The Kier molecular flexibility index (Phi) is 2.60. The highest BCUT2D eigenvalue weighted by molar-refractivity contribution is 6.32. The highest BCUT2D eigenvalue weighted by Crippen LogP contribution is 2.29. The minimum absolute atomic E-state index is 0.456. The lowest BCUT2D eigenvalue weighted by Gasteiger charge is -2.02. The Bertz CT molecular complexity index is 482. The van der Waals surface area contributed by atoms with Gasteiger partial charge in [0.25, 0.3) is 5.89 Å². The number of ether oxygens (including phenoxy) is 1. The molecule has 0 amide bonds. The molecular formula is C10H9ClN2O2. The molecule has 0 aliphatic heterocycles. The molecule has 1 heterocycles. The smallest absolute Gasteiger partial charge is 0.257 e. The number of benzene rings is 1. The summed E-state index contributed by atoms with van der Waals surface area (Å²) in [6.45, 7) is 1.76. The zero-order chi connectivity index (χ0) is 10.8. The van der Waals surface area contributed by atoms with Gasteiger partial charge >= 0.3 is 0 Å². The van der Waals surface area contributed by atoms with E-state index in [4.69, 9.17) is 20.9 Å². The third-order valence-electron chi connectivity index (χ3n) is 1.93. The molecule has 0 saturated heterocycles. The van der Waals surface area contributed by atoms with Gasteiger partial charge in [0, 0.05) is 5.56 Å². The first-order chi connectivity index (χ1) is 7.20. The molecule has 0 radical (unpaired) electrons. The van der Waals surface area contributed by atoms with Gasteiger partial charge in [-0.25, -0.2) is 0 Å². The normalized spacial score (nSPS) is 10.3. The predicted molar refractivity (Wildman–Crippen MR) is 56.0 cm³/mol. The highest BCUT2D eigenvalue weighted by Gasteiger charge is 2.08. The molecule has 0 atom stereocenters. The molecule has 78 valence electrons. The fourth-order valence-corrected chi connectivity index (χ4v) is 1.47. The van der Waals surface area contributed by atoms with E-state index in [1.807, 2.05) is 6.07 Å². The lowest BCUT2D eigenvalue weighted by molar-refractivity contribution is 0.414. The average Bonchev–Trinajstić information content (AvgIpc) is 2.65. The van der Waals surface area contributed by atoms with Crippen LogP contribution in [0.2, 0.25) is 5.02 Å². The summed E-state index contributed by atoms with van der Waals surface area (Å²) in [6.07, 6.45) is 0. The van der Waals surface area contributed by atoms with Gasteiger partial charge in [-0.2, -0.15) is 4.98 Å². The minimum atomic E-state index is 0.456. The first kappa shape index (κ1) is 9.98. The van der Waals surface area contributed by atoms with Gasteiger partial charge in [0.2, 0.25) is 0 Å². The average molecular weight is 225 g/mol. The number of aromatic nitrogens is 2. The first-order valence-electron chi connectivity index (χ1n) is 4.35. The molecule has 1 aromatic carbocycles. The highest BCUT2D eigenvalue weighted by atomic mass is 35.5. The zero-order valence-corrected chi connectivity index (χ0v) is 9.08. The number of hydrogen-bond acceptors (Lipinski definition) is 4. The van der Waals surface area contributed by atoms with Crippen molar-refractivity contribution in [2.45, 2.75) is 6.92 Å². The van der Waals surface area contributed by atoms with E-state index in [9.17, 15) is 0 Å². The quantitative estimate of drug-likeness (QED) is 0.787. The molecule has 0 aliphatic rings. The largest absolute Gasteiger partial charge is 0.495 e. The van der Waals surface area contributed by atoms with Gasteiger partial charge in [0.15, 0.2) is 5.82 Å². The summed E-state index contributed by atoms with van der Waals surface area (Å²) in [5.41, 5.74) is 0.779. The van der Waals surface area contributed by atoms with E-state index in [1.54, 1.807) is 26.2 Å². The van der Waals surface area contributed by atoms with E-state index in [0.29, 0.717) is 22.5 Å². The Morgan fingerprint density at radius 1 is 1.40 bits per heavy atom. The summed E-state index contributed by atoms with van der Waals surface area (Å²) in [7, 11) is 1.57. The van der Waals surface area contributed by atoms with E-state index >= 15 is 0 Å². The Hall–Kier alpha value is -1.55. The predicted octanol–water partition coefficient (Wildman–Crippen LogP) is 2.71. The van der Waals surface area contributed by atoms with Crippen LogP contribution in [0.5, 0.6) is 5.75 Å². The van der Waals surface area contributed by atoms with Crippen molar-refractivity contribution < 1.29 is 9.26 Å². The Morgan fingerprint density at radius 2 is 2.20 bits per heavy atom. The van der Waals surface area contributed by atoms with Crippen LogP contribution in [0.4, 0.5) is 0 Å². The summed E-state index contributed by atoms with van der Waals surface area (Å²) in [5, 5.41) is 4.22. The molecule has 4 nitrogen and oxygen atoms in total. The second-order valence-corrected chi connectivity index (χ2v) is 3.40. The monoisotopic (exact) mass is 224 g/mol. The van der Waals surface area contributed by atoms with Gasteiger partial charge in [-0.15, -0.1) is 0 Å². The molecule has 0 aliphatic carbocycles. The molecule has 0 bridgehead atoms. The lowest BCUT2D eigenvalue weighted by atomic mass is 10.2. The van der Waals surface area contributed by atoms with Gasteiger partial charge in [0.05, 0.1) is 12.1 Å². The Labute approximate surface area is 91.8 Å². The number of rotatable bonds is 2. The lowest BCUT2D eigenvalue weighted by Crippen LogP contribution is -1.85. The molecule has 0 fully saturated rings. The third-order valence-corrected chi connectivity index (χ3v) is 2.22. The summed E-state index contributed by atoms with van der Waals surface area (Å²) in [6, 6.07) is 5.31. The van der Waals surface area contributed by atoms with Crippen molar-refractivity contribution in [3.8, 4) is 17.2 Å². The van der Waals surface area contributed by atoms with Crippen LogP contribution in [0.1, 0.15) is 5.82 Å². The Balaban J connectivity index is 2.42. The van der Waals surface area contributed by atoms with Crippen LogP contribution in [-0.4, -0.2) is 17.3 Å². The molecule has 0 unspecified atom stereocenters. The topological polar surface area (TPSA) is 48.2 Å². The van der Waals surface area contributed by atoms with Crippen molar-refractivity contribution >= 4 is 11.6 Å². The molecule has 2 aromatic rings. The zero-order valence-electron chi connectivity index (χ0n) is 8.32. The maximum Gasteiger partial charge on any atom is 0.257 e. The number of hydrogen-bond donors (Lipinski definition) is 0. The second kappa shape index (κ2) is 3.90. The van der Waals surface area contributed by atoms with Crippen LogP contribution in [0.3, 0.4) is 0 Å². The fraction of sp³-hybridized carbons (Fsp3) is 0.200. The van der Waals surface area contributed by atoms with Crippen LogP contribution in [0.15, 0.2) is 22.7 Å². The maximum atomic E-state index is 5.97. The molecule has 5 heteroatoms. The number of aryl methyl sites for hydroxylation is 1. The van der Waals surface area contributed by atoms with Crippen LogP contribution < -0.4 is 4.74 Å². The second-order valence-electron chi connectivity index (χ2n) is 3.00. The van der Waals surface area contributed by atoms with Crippen molar-refractivity contribution in [1.29, 1.82) is 0 Å². The third kappa shape index (κ3) is 1.94. The molecule has 0 N–H and O–H groups in total. The van der Waals surface area contributed by atoms with Crippen LogP contribution in [-0.2, 0) is 0 Å². The van der Waals surface area contributed by atoms with E-state index in [1.165, 1.54) is 0 Å². The van der Waals surface area contributed by atoms with E-state index in [-0.39, 0.29) is 0 Å². The van der Waals surface area contributed by atoms with Crippen molar-refractivity contribution in [2.75, 3.05) is 7.11 Å². The molecule has 15 heavy (non-hydrogen) atoms. The van der Waals surface area contributed by atoms with E-state index < -0.39 is 0 Å². The number of halogens is 1. The minimum Gasteiger partial charge on any atom is -0.495 e. The van der Waals surface area contributed by atoms with Crippen LogP contribution in [0.25, 0.3) is 11.5 Å². The van der Waals surface area contributed by atoms with Crippen molar-refractivity contribution in [1.82, 2.24) is 10.1 Å². The van der Waals surface area contributed by atoms with Gasteiger partial charge in [-0.05, 0) is 25.1 Å². The maximum absolute atomic E-state index is 5.97. The van der Waals surface area contributed by atoms with E-state index in [0.717, 1.165) is 5.56 Å². The first-order valence-corrected chi connectivity index (χ1v) is 4.72. The molecule has 2 rings (SSSR count). The van der Waals surface area contributed by atoms with Crippen molar-refractivity contribution in [3.05, 3.63) is 29.0 Å². The van der Waals surface area contributed by atoms with Crippen molar-refractivity contribution in [3.63, 3.8) is 0 Å². The van der Waals surface area contributed by atoms with Crippen molar-refractivity contribution in [2.24, 2.45) is 0 Å². The number of nitrogens with zero attached hydrogens (tertiary/aromatic N) is 2. The van der Waals surface area contributed by atoms with Gasteiger partial charge in [-0.1, -0.05) is 16.8 Å². The summed E-state index contributed by atoms with van der Waals surface area (Å²) >= 11 is 5.97. The summed E-state index contributed by atoms with van der Waals surface area (Å²) in [5.74, 6) is 1.67. The van der Waals surface area contributed by atoms with Gasteiger partial charge in [-0.3, -0.25) is 0 Å². The fourth-order valence-electron chi connectivity index (χ4n) is 1.21. The van der Waals surface area contributed by atoms with Gasteiger partial charge < -0.3 is 9.26 Å². The summed E-state index contributed by atoms with van der Waals surface area (Å²) < 4.78 is 10.1. The molecule has 0 saturated carbocycles. The number of methoxy groups -OCH3 is 1. The summed E-state index contributed by atoms with van der Waals surface area (Å²) in [4.78, 5) is 4.10. The molecular weight excluding hydrogens is 216 g/mol. The molecule has 0 spiro atoms. The van der Waals surface area contributed by atoms with Crippen LogP contribution >= 0.6 is 11.6 Å². The van der Waals surface area contributed by atoms with Crippen LogP contribution in [0, 0.1) is 6.92 Å². The molecule has 1 aromatic heterocycles. The standard InChI is InChI=1S/C10H9ClN2O2/c1-6-12-10(15-13-6)7-3-4-9(14-2)8(11)5-7/h3-5H,1-2H3. The SMILES string of the molecule is COc1ccc(-c2nc(C)no2)cc1Cl. The van der Waals surface area contributed by atoms with Gasteiger partial charge in [0.1, 0.15) is 5.75 Å².